The summed E-state index contributed by atoms with van der Waals surface area (Å²) in [5.74, 6) is 1.28. The lowest BCUT2D eigenvalue weighted by Gasteiger charge is -2.37. The number of nitrogens with zero attached hydrogens (tertiary/aromatic N) is 1. The molecule has 3 N–H and O–H groups in total. The fourth-order valence-corrected chi connectivity index (χ4v) is 2.98. The van der Waals surface area contributed by atoms with Crippen molar-refractivity contribution >= 4 is 23.0 Å². The maximum absolute atomic E-state index is 11.3. The summed E-state index contributed by atoms with van der Waals surface area (Å²) in [6, 6.07) is 5.73. The number of rotatable bonds is 2. The maximum atomic E-state index is 11.3. The number of amides is 1. The average Bonchev–Trinajstić information content (AvgIpc) is 2.26. The van der Waals surface area contributed by atoms with Crippen LogP contribution in [0.25, 0.3) is 0 Å². The minimum atomic E-state index is -0.0649. The van der Waals surface area contributed by atoms with E-state index in [4.69, 9.17) is 5.73 Å². The van der Waals surface area contributed by atoms with Gasteiger partial charge in [0.25, 0.3) is 0 Å². The number of nitrogens with one attached hydrogen (secondary N) is 1. The van der Waals surface area contributed by atoms with Gasteiger partial charge in [0.1, 0.15) is 0 Å². The highest BCUT2D eigenvalue weighted by molar-refractivity contribution is 5.93. The van der Waals surface area contributed by atoms with Gasteiger partial charge < -0.3 is 16.0 Å². The Morgan fingerprint density at radius 2 is 1.95 bits per heavy atom. The van der Waals surface area contributed by atoms with Crippen LogP contribution in [-0.4, -0.2) is 19.0 Å². The lowest BCUT2D eigenvalue weighted by molar-refractivity contribution is -0.114. The number of piperidine rings is 1. The van der Waals surface area contributed by atoms with Crippen LogP contribution in [0.2, 0.25) is 0 Å². The Kier molecular flexibility index (Phi) is 3.98. The van der Waals surface area contributed by atoms with Crippen molar-refractivity contribution in [2.75, 3.05) is 29.0 Å². The molecular formula is C15H23N3O. The summed E-state index contributed by atoms with van der Waals surface area (Å²) in [6.07, 6.45) is 1.26. The highest BCUT2D eigenvalue weighted by Gasteiger charge is 2.23. The third-order valence-corrected chi connectivity index (χ3v) is 3.54. The van der Waals surface area contributed by atoms with E-state index in [0.29, 0.717) is 17.5 Å². The van der Waals surface area contributed by atoms with Crippen LogP contribution in [0.15, 0.2) is 18.2 Å². The predicted octanol–water partition coefficient (Wildman–Crippen LogP) is 2.71. The number of carbonyl (C=O) groups is 1. The highest BCUT2D eigenvalue weighted by Crippen LogP contribution is 2.33. The first-order valence-corrected chi connectivity index (χ1v) is 6.87. The van der Waals surface area contributed by atoms with Crippen molar-refractivity contribution in [3.8, 4) is 0 Å². The lowest BCUT2D eigenvalue weighted by atomic mass is 9.91. The number of anilines is 3. The summed E-state index contributed by atoms with van der Waals surface area (Å²) in [7, 11) is 0. The monoisotopic (exact) mass is 261 g/mol. The van der Waals surface area contributed by atoms with Crippen LogP contribution in [0, 0.1) is 11.8 Å². The van der Waals surface area contributed by atoms with Crippen LogP contribution in [-0.2, 0) is 4.79 Å². The van der Waals surface area contributed by atoms with Gasteiger partial charge in [0.05, 0.1) is 11.4 Å². The molecule has 0 unspecified atom stereocenters. The van der Waals surface area contributed by atoms with Gasteiger partial charge in [-0.2, -0.15) is 0 Å². The second-order valence-electron chi connectivity index (χ2n) is 5.81. The fourth-order valence-electron chi connectivity index (χ4n) is 2.98. The van der Waals surface area contributed by atoms with Crippen LogP contribution in [0.5, 0.6) is 0 Å². The van der Waals surface area contributed by atoms with Gasteiger partial charge >= 0.3 is 0 Å². The van der Waals surface area contributed by atoms with Gasteiger partial charge in [-0.1, -0.05) is 13.8 Å². The first kappa shape index (κ1) is 13.7. The van der Waals surface area contributed by atoms with Crippen molar-refractivity contribution in [1.82, 2.24) is 0 Å². The van der Waals surface area contributed by atoms with E-state index in [-0.39, 0.29) is 5.91 Å². The summed E-state index contributed by atoms with van der Waals surface area (Å²) in [4.78, 5) is 13.7. The van der Waals surface area contributed by atoms with Crippen molar-refractivity contribution in [3.05, 3.63) is 18.2 Å². The zero-order chi connectivity index (χ0) is 14.0. The number of benzene rings is 1. The van der Waals surface area contributed by atoms with Gasteiger partial charge in [-0.3, -0.25) is 4.79 Å². The molecule has 1 aromatic carbocycles. The van der Waals surface area contributed by atoms with Gasteiger partial charge in [0.15, 0.2) is 0 Å². The summed E-state index contributed by atoms with van der Waals surface area (Å²) in [6.45, 7) is 8.13. The van der Waals surface area contributed by atoms with Gasteiger partial charge in [-0.05, 0) is 36.5 Å². The molecule has 2 rings (SSSR count). The molecule has 4 nitrogen and oxygen atoms in total. The summed E-state index contributed by atoms with van der Waals surface area (Å²) < 4.78 is 0. The Morgan fingerprint density at radius 1 is 1.32 bits per heavy atom. The molecule has 0 spiro atoms. The van der Waals surface area contributed by atoms with Crippen LogP contribution < -0.4 is 16.0 Å². The Hall–Kier alpha value is -1.71. The summed E-state index contributed by atoms with van der Waals surface area (Å²) in [5, 5.41) is 2.88. The van der Waals surface area contributed by atoms with Crippen LogP contribution >= 0.6 is 0 Å². The van der Waals surface area contributed by atoms with Gasteiger partial charge in [0.2, 0.25) is 5.91 Å². The average molecular weight is 261 g/mol. The molecule has 0 saturated carbocycles. The minimum Gasteiger partial charge on any atom is -0.399 e. The molecule has 1 amide bonds. The van der Waals surface area contributed by atoms with E-state index in [1.807, 2.05) is 18.2 Å². The molecule has 4 heteroatoms. The van der Waals surface area contributed by atoms with Crippen molar-refractivity contribution in [3.63, 3.8) is 0 Å². The standard InChI is InChI=1S/C15H23N3O/c1-10-6-11(2)9-18(8-10)15-5-4-13(16)7-14(15)17-12(3)19/h4-5,7,10-11H,6,8-9,16H2,1-3H3,(H,17,19)/t10-,11-/m1/s1. The maximum Gasteiger partial charge on any atom is 0.221 e. The second kappa shape index (κ2) is 5.51. The van der Waals surface area contributed by atoms with Crippen molar-refractivity contribution < 1.29 is 4.79 Å². The molecule has 0 aromatic heterocycles. The normalized spacial score (nSPS) is 23.2. The molecule has 0 radical (unpaired) electrons. The van der Waals surface area contributed by atoms with Crippen molar-refractivity contribution in [2.45, 2.75) is 27.2 Å². The van der Waals surface area contributed by atoms with Crippen LogP contribution in [0.1, 0.15) is 27.2 Å². The first-order chi connectivity index (χ1) is 8.95. The van der Waals surface area contributed by atoms with Crippen LogP contribution in [0.4, 0.5) is 17.1 Å². The molecule has 19 heavy (non-hydrogen) atoms. The number of nitrogen functional groups attached to an aromatic ring is 1. The predicted molar refractivity (Wildman–Crippen MR) is 80.3 cm³/mol. The largest absolute Gasteiger partial charge is 0.399 e. The third-order valence-electron chi connectivity index (χ3n) is 3.54. The Morgan fingerprint density at radius 3 is 2.53 bits per heavy atom. The smallest absolute Gasteiger partial charge is 0.221 e. The molecule has 1 fully saturated rings. The molecule has 1 aliphatic rings. The molecule has 0 bridgehead atoms. The number of nitrogens with two attached hydrogens (primary N) is 1. The van der Waals surface area contributed by atoms with E-state index >= 15 is 0 Å². The molecule has 1 saturated heterocycles. The quantitative estimate of drug-likeness (QED) is 0.805. The Balaban J connectivity index is 2.29. The topological polar surface area (TPSA) is 58.4 Å². The van der Waals surface area contributed by atoms with E-state index < -0.39 is 0 Å². The number of hydrogen-bond donors (Lipinski definition) is 2. The van der Waals surface area contributed by atoms with Gasteiger partial charge in [0, 0.05) is 25.7 Å². The minimum absolute atomic E-state index is 0.0649. The Labute approximate surface area is 115 Å². The number of hydrogen-bond acceptors (Lipinski definition) is 3. The number of carbonyl (C=O) groups excluding carboxylic acids is 1. The summed E-state index contributed by atoms with van der Waals surface area (Å²) >= 11 is 0. The molecule has 104 valence electrons. The summed E-state index contributed by atoms with van der Waals surface area (Å²) in [5.41, 5.74) is 8.38. The van der Waals surface area contributed by atoms with E-state index in [1.165, 1.54) is 13.3 Å². The molecular weight excluding hydrogens is 238 g/mol. The van der Waals surface area contributed by atoms with Crippen LogP contribution in [0.3, 0.4) is 0 Å². The lowest BCUT2D eigenvalue weighted by Crippen LogP contribution is -2.39. The third kappa shape index (κ3) is 3.40. The van der Waals surface area contributed by atoms with Crippen molar-refractivity contribution in [2.24, 2.45) is 11.8 Å². The molecule has 1 heterocycles. The highest BCUT2D eigenvalue weighted by atomic mass is 16.1. The molecule has 1 aromatic rings. The van der Waals surface area contributed by atoms with E-state index in [0.717, 1.165) is 24.5 Å². The second-order valence-corrected chi connectivity index (χ2v) is 5.81. The molecule has 0 aliphatic carbocycles. The first-order valence-electron chi connectivity index (χ1n) is 6.87. The van der Waals surface area contributed by atoms with Gasteiger partial charge in [-0.25, -0.2) is 0 Å². The van der Waals surface area contributed by atoms with Gasteiger partial charge in [-0.15, -0.1) is 0 Å². The fraction of sp³-hybridized carbons (Fsp3) is 0.533. The zero-order valence-electron chi connectivity index (χ0n) is 11.9. The molecule has 1 aliphatic heterocycles. The van der Waals surface area contributed by atoms with E-state index in [1.54, 1.807) is 0 Å². The van der Waals surface area contributed by atoms with E-state index in [9.17, 15) is 4.79 Å². The zero-order valence-corrected chi connectivity index (χ0v) is 11.9. The van der Waals surface area contributed by atoms with E-state index in [2.05, 4.69) is 24.1 Å². The SMILES string of the molecule is CC(=O)Nc1cc(N)ccc1N1C[C@H](C)C[C@@H](C)C1. The van der Waals surface area contributed by atoms with Crippen molar-refractivity contribution in [1.29, 1.82) is 0 Å². The Bertz CT molecular complexity index is 462. The molecule has 2 atom stereocenters.